The Morgan fingerprint density at radius 2 is 1.65 bits per heavy atom. The molecule has 0 unspecified atom stereocenters. The van der Waals surface area contributed by atoms with Crippen molar-refractivity contribution in [2.45, 2.75) is 32.3 Å². The van der Waals surface area contributed by atoms with Crippen molar-refractivity contribution in [3.8, 4) is 0 Å². The van der Waals surface area contributed by atoms with Crippen molar-refractivity contribution in [3.05, 3.63) is 69.7 Å². The lowest BCUT2D eigenvalue weighted by molar-refractivity contribution is 0.0319. The van der Waals surface area contributed by atoms with E-state index in [0.717, 1.165) is 19.3 Å². The van der Waals surface area contributed by atoms with Gasteiger partial charge in [0.05, 0.1) is 5.56 Å². The standard InChI is InChI=1S/C19H17ClO3/c1-12(23-19(22)14-7-9-17(20)10-8-14)18(21)16-6-5-13-3-2-4-15(13)11-16/h5-12H,2-4H2,1H3/t12-/m1/s1. The summed E-state index contributed by atoms with van der Waals surface area (Å²) in [6.45, 7) is 1.60. The highest BCUT2D eigenvalue weighted by Gasteiger charge is 2.22. The molecule has 0 saturated carbocycles. The zero-order valence-electron chi connectivity index (χ0n) is 12.8. The third-order valence-electron chi connectivity index (χ3n) is 4.12. The minimum atomic E-state index is -0.822. The summed E-state index contributed by atoms with van der Waals surface area (Å²) in [5, 5.41) is 0.545. The fourth-order valence-electron chi connectivity index (χ4n) is 2.83. The second-order valence-electron chi connectivity index (χ2n) is 5.76. The average molecular weight is 329 g/mol. The number of aryl methyl sites for hydroxylation is 2. The smallest absolute Gasteiger partial charge is 0.338 e. The Kier molecular flexibility index (Phi) is 4.49. The first kappa shape index (κ1) is 15.8. The van der Waals surface area contributed by atoms with Gasteiger partial charge in [0.2, 0.25) is 5.78 Å². The number of hydrogen-bond acceptors (Lipinski definition) is 3. The fourth-order valence-corrected chi connectivity index (χ4v) is 2.95. The summed E-state index contributed by atoms with van der Waals surface area (Å²) in [5.74, 6) is -0.703. The predicted molar refractivity (Wildman–Crippen MR) is 89.1 cm³/mol. The number of esters is 1. The van der Waals surface area contributed by atoms with Gasteiger partial charge in [0.15, 0.2) is 6.10 Å². The molecule has 0 heterocycles. The van der Waals surface area contributed by atoms with Gasteiger partial charge >= 0.3 is 5.97 Å². The molecule has 3 nitrogen and oxygen atoms in total. The van der Waals surface area contributed by atoms with E-state index in [2.05, 4.69) is 0 Å². The van der Waals surface area contributed by atoms with Gasteiger partial charge in [0.25, 0.3) is 0 Å². The molecule has 4 heteroatoms. The van der Waals surface area contributed by atoms with Crippen LogP contribution in [0.25, 0.3) is 0 Å². The second kappa shape index (κ2) is 6.55. The van der Waals surface area contributed by atoms with Crippen LogP contribution in [0.3, 0.4) is 0 Å². The highest BCUT2D eigenvalue weighted by Crippen LogP contribution is 2.23. The highest BCUT2D eigenvalue weighted by atomic mass is 35.5. The van der Waals surface area contributed by atoms with E-state index in [1.807, 2.05) is 18.2 Å². The summed E-state index contributed by atoms with van der Waals surface area (Å²) in [7, 11) is 0. The van der Waals surface area contributed by atoms with Crippen LogP contribution < -0.4 is 0 Å². The number of benzene rings is 2. The molecule has 0 bridgehead atoms. The molecule has 0 aromatic heterocycles. The lowest BCUT2D eigenvalue weighted by atomic mass is 10.0. The quantitative estimate of drug-likeness (QED) is 0.622. The number of carbonyl (C=O) groups excluding carboxylic acids is 2. The maximum absolute atomic E-state index is 12.5. The van der Waals surface area contributed by atoms with E-state index >= 15 is 0 Å². The van der Waals surface area contributed by atoms with Gasteiger partial charge in [-0.2, -0.15) is 0 Å². The van der Waals surface area contributed by atoms with Crippen LogP contribution in [0.1, 0.15) is 45.2 Å². The van der Waals surface area contributed by atoms with Crippen molar-refractivity contribution >= 4 is 23.4 Å². The number of fused-ring (bicyclic) bond motifs is 1. The van der Waals surface area contributed by atoms with Crippen LogP contribution in [0.2, 0.25) is 5.02 Å². The van der Waals surface area contributed by atoms with Gasteiger partial charge in [-0.15, -0.1) is 0 Å². The molecule has 2 aromatic carbocycles. The number of ether oxygens (including phenoxy) is 1. The van der Waals surface area contributed by atoms with Crippen LogP contribution in [0.5, 0.6) is 0 Å². The van der Waals surface area contributed by atoms with E-state index in [1.165, 1.54) is 11.1 Å². The van der Waals surface area contributed by atoms with Crippen LogP contribution in [0.4, 0.5) is 0 Å². The van der Waals surface area contributed by atoms with Crippen molar-refractivity contribution < 1.29 is 14.3 Å². The molecule has 0 aliphatic heterocycles. The largest absolute Gasteiger partial charge is 0.451 e. The summed E-state index contributed by atoms with van der Waals surface area (Å²) >= 11 is 5.79. The minimum Gasteiger partial charge on any atom is -0.451 e. The maximum atomic E-state index is 12.5. The molecular formula is C19H17ClO3. The maximum Gasteiger partial charge on any atom is 0.338 e. The van der Waals surface area contributed by atoms with Gasteiger partial charge in [-0.3, -0.25) is 4.79 Å². The monoisotopic (exact) mass is 328 g/mol. The van der Waals surface area contributed by atoms with Gasteiger partial charge in [-0.1, -0.05) is 23.7 Å². The minimum absolute atomic E-state index is 0.179. The van der Waals surface area contributed by atoms with Gasteiger partial charge in [-0.05, 0) is 67.6 Å². The molecule has 1 aliphatic carbocycles. The van der Waals surface area contributed by atoms with E-state index in [9.17, 15) is 9.59 Å². The summed E-state index contributed by atoms with van der Waals surface area (Å²) in [5.41, 5.74) is 3.52. The molecule has 0 spiro atoms. The van der Waals surface area contributed by atoms with E-state index < -0.39 is 12.1 Å². The normalized spacial score (nSPS) is 14.2. The Morgan fingerprint density at radius 3 is 2.39 bits per heavy atom. The summed E-state index contributed by atoms with van der Waals surface area (Å²) in [4.78, 5) is 24.5. The summed E-state index contributed by atoms with van der Waals surface area (Å²) < 4.78 is 5.28. The molecule has 1 atom stereocenters. The van der Waals surface area contributed by atoms with Crippen molar-refractivity contribution in [2.24, 2.45) is 0 Å². The number of ketones is 1. The van der Waals surface area contributed by atoms with E-state index in [-0.39, 0.29) is 5.78 Å². The summed E-state index contributed by atoms with van der Waals surface area (Å²) in [6, 6.07) is 12.1. The molecule has 23 heavy (non-hydrogen) atoms. The van der Waals surface area contributed by atoms with Crippen LogP contribution in [-0.4, -0.2) is 17.9 Å². The van der Waals surface area contributed by atoms with E-state index in [0.29, 0.717) is 16.1 Å². The van der Waals surface area contributed by atoms with Crippen LogP contribution in [0.15, 0.2) is 42.5 Å². The van der Waals surface area contributed by atoms with E-state index in [1.54, 1.807) is 31.2 Å². The Morgan fingerprint density at radius 1 is 1.00 bits per heavy atom. The van der Waals surface area contributed by atoms with Crippen LogP contribution >= 0.6 is 11.6 Å². The van der Waals surface area contributed by atoms with Crippen molar-refractivity contribution in [3.63, 3.8) is 0 Å². The van der Waals surface area contributed by atoms with E-state index in [4.69, 9.17) is 16.3 Å². The van der Waals surface area contributed by atoms with Crippen molar-refractivity contribution in [1.29, 1.82) is 0 Å². The second-order valence-corrected chi connectivity index (χ2v) is 6.19. The lowest BCUT2D eigenvalue weighted by Gasteiger charge is -2.13. The van der Waals surface area contributed by atoms with Gasteiger partial charge in [0, 0.05) is 10.6 Å². The predicted octanol–water partition coefficient (Wildman–Crippen LogP) is 4.26. The number of hydrogen-bond donors (Lipinski definition) is 0. The number of carbonyl (C=O) groups is 2. The first-order valence-corrected chi connectivity index (χ1v) is 8.05. The third-order valence-corrected chi connectivity index (χ3v) is 4.37. The lowest BCUT2D eigenvalue weighted by Crippen LogP contribution is -2.24. The molecular weight excluding hydrogens is 312 g/mol. The Balaban J connectivity index is 1.70. The number of Topliss-reactive ketones (excluding diaryl/α,β-unsaturated/α-hetero) is 1. The first-order chi connectivity index (χ1) is 11.0. The fraction of sp³-hybridized carbons (Fsp3) is 0.263. The first-order valence-electron chi connectivity index (χ1n) is 7.67. The van der Waals surface area contributed by atoms with Gasteiger partial charge in [0.1, 0.15) is 0 Å². The molecule has 0 fully saturated rings. The molecule has 0 amide bonds. The molecule has 118 valence electrons. The summed E-state index contributed by atoms with van der Waals surface area (Å²) in [6.07, 6.45) is 2.40. The zero-order chi connectivity index (χ0) is 16.4. The number of rotatable bonds is 4. The molecule has 2 aromatic rings. The average Bonchev–Trinajstić information content (AvgIpc) is 3.02. The van der Waals surface area contributed by atoms with Crippen LogP contribution in [-0.2, 0) is 17.6 Å². The Labute approximate surface area is 140 Å². The highest BCUT2D eigenvalue weighted by molar-refractivity contribution is 6.30. The SMILES string of the molecule is C[C@@H](OC(=O)c1ccc(Cl)cc1)C(=O)c1ccc2c(c1)CCC2. The molecule has 0 saturated heterocycles. The Bertz CT molecular complexity index is 750. The zero-order valence-corrected chi connectivity index (χ0v) is 13.6. The van der Waals surface area contributed by atoms with Crippen molar-refractivity contribution in [2.75, 3.05) is 0 Å². The molecule has 1 aliphatic rings. The Hall–Kier alpha value is -2.13. The number of halogens is 1. The molecule has 0 radical (unpaired) electrons. The topological polar surface area (TPSA) is 43.4 Å². The van der Waals surface area contributed by atoms with Crippen molar-refractivity contribution in [1.82, 2.24) is 0 Å². The van der Waals surface area contributed by atoms with Gasteiger partial charge in [-0.25, -0.2) is 4.79 Å². The van der Waals surface area contributed by atoms with Crippen LogP contribution in [0, 0.1) is 0 Å². The van der Waals surface area contributed by atoms with Gasteiger partial charge < -0.3 is 4.74 Å². The third kappa shape index (κ3) is 3.45. The molecule has 0 N–H and O–H groups in total. The molecule has 3 rings (SSSR count).